The molecule has 1 amide bonds. The molecule has 1 unspecified atom stereocenters. The van der Waals surface area contributed by atoms with E-state index in [0.717, 1.165) is 11.1 Å². The first-order valence-corrected chi connectivity index (χ1v) is 6.97. The number of ether oxygens (including phenoxy) is 1. The van der Waals surface area contributed by atoms with Crippen LogP contribution < -0.4 is 11.1 Å². The molecule has 0 saturated carbocycles. The number of carbonyl (C=O) groups excluding carboxylic acids is 1. The van der Waals surface area contributed by atoms with Crippen LogP contribution in [0.2, 0.25) is 0 Å². The molecule has 6 heteroatoms. The molecule has 19 heavy (non-hydrogen) atoms. The van der Waals surface area contributed by atoms with Crippen LogP contribution in [0.4, 0.5) is 0 Å². The highest BCUT2D eigenvalue weighted by molar-refractivity contribution is 7.17. The molecular weight excluding hydrogens is 262 g/mol. The minimum Gasteiger partial charge on any atom is -0.370 e. The van der Waals surface area contributed by atoms with Crippen molar-refractivity contribution < 1.29 is 9.53 Å². The number of hydrogen-bond acceptors (Lipinski definition) is 5. The second kappa shape index (κ2) is 6.60. The highest BCUT2D eigenvalue weighted by Crippen LogP contribution is 2.22. The number of amides is 1. The molecule has 0 radical (unpaired) electrons. The Labute approximate surface area is 115 Å². The molecule has 2 aromatic heterocycles. The van der Waals surface area contributed by atoms with Crippen molar-refractivity contribution in [2.24, 2.45) is 5.73 Å². The highest BCUT2D eigenvalue weighted by Gasteiger charge is 2.06. The average Bonchev–Trinajstić information content (AvgIpc) is 2.84. The van der Waals surface area contributed by atoms with Gasteiger partial charge >= 0.3 is 0 Å². The first-order valence-electron chi connectivity index (χ1n) is 6.09. The number of nitrogens with two attached hydrogens (primary N) is 1. The lowest BCUT2D eigenvalue weighted by atomic mass is 10.1. The predicted molar refractivity (Wildman–Crippen MR) is 76.1 cm³/mol. The normalized spacial score (nSPS) is 12.7. The molecule has 0 saturated heterocycles. The van der Waals surface area contributed by atoms with Crippen LogP contribution in [0.25, 0.3) is 10.2 Å². The van der Waals surface area contributed by atoms with Gasteiger partial charge in [0.15, 0.2) is 0 Å². The van der Waals surface area contributed by atoms with E-state index in [1.165, 1.54) is 4.70 Å². The van der Waals surface area contributed by atoms with Gasteiger partial charge in [-0.15, -0.1) is 11.3 Å². The Balaban J connectivity index is 1.82. The number of fused-ring (bicyclic) bond motifs is 1. The zero-order valence-corrected chi connectivity index (χ0v) is 11.6. The van der Waals surface area contributed by atoms with E-state index in [4.69, 9.17) is 10.5 Å². The minimum atomic E-state index is -0.444. The molecule has 2 heterocycles. The summed E-state index contributed by atoms with van der Waals surface area (Å²) >= 11 is 1.69. The summed E-state index contributed by atoms with van der Waals surface area (Å²) in [5, 5.41) is 5.36. The third-order valence-electron chi connectivity index (χ3n) is 2.77. The number of nitrogens with one attached hydrogen (secondary N) is 1. The number of carbonyl (C=O) groups is 1. The standard InChI is InChI=1S/C13H17N3O2S/c1-9(15-3-4-18-8-13(14)17)10-6-12-11(16-7-10)2-5-19-12/h2,5-7,9,15H,3-4,8H2,1H3,(H2,14,17). The summed E-state index contributed by atoms with van der Waals surface area (Å²) in [6.45, 7) is 3.17. The summed E-state index contributed by atoms with van der Waals surface area (Å²) in [7, 11) is 0. The van der Waals surface area contributed by atoms with Crippen LogP contribution in [0, 0.1) is 0 Å². The number of nitrogens with zero attached hydrogens (tertiary/aromatic N) is 1. The molecule has 2 rings (SSSR count). The van der Waals surface area contributed by atoms with Crippen LogP contribution in [-0.4, -0.2) is 30.6 Å². The monoisotopic (exact) mass is 279 g/mol. The second-order valence-corrected chi connectivity index (χ2v) is 5.22. The zero-order chi connectivity index (χ0) is 13.7. The van der Waals surface area contributed by atoms with E-state index >= 15 is 0 Å². The number of thiophene rings is 1. The largest absolute Gasteiger partial charge is 0.370 e. The summed E-state index contributed by atoms with van der Waals surface area (Å²) < 4.78 is 6.28. The average molecular weight is 279 g/mol. The van der Waals surface area contributed by atoms with Crippen molar-refractivity contribution in [2.45, 2.75) is 13.0 Å². The van der Waals surface area contributed by atoms with Crippen LogP contribution in [0.15, 0.2) is 23.7 Å². The van der Waals surface area contributed by atoms with Gasteiger partial charge < -0.3 is 15.8 Å². The van der Waals surface area contributed by atoms with Gasteiger partial charge in [0, 0.05) is 18.8 Å². The topological polar surface area (TPSA) is 77.2 Å². The Hall–Kier alpha value is -1.50. The Kier molecular flexibility index (Phi) is 4.84. The van der Waals surface area contributed by atoms with Gasteiger partial charge in [0.05, 0.1) is 16.8 Å². The van der Waals surface area contributed by atoms with Crippen molar-refractivity contribution in [3.8, 4) is 0 Å². The van der Waals surface area contributed by atoms with Gasteiger partial charge in [0.25, 0.3) is 0 Å². The van der Waals surface area contributed by atoms with Crippen LogP contribution in [0.3, 0.4) is 0 Å². The fraction of sp³-hybridized carbons (Fsp3) is 0.385. The maximum absolute atomic E-state index is 10.5. The lowest BCUT2D eigenvalue weighted by Gasteiger charge is -2.13. The minimum absolute atomic E-state index is 0.0290. The lowest BCUT2D eigenvalue weighted by molar-refractivity contribution is -0.122. The van der Waals surface area contributed by atoms with E-state index in [1.54, 1.807) is 11.3 Å². The van der Waals surface area contributed by atoms with Gasteiger partial charge in [-0.05, 0) is 30.0 Å². The molecular formula is C13H17N3O2S. The maximum Gasteiger partial charge on any atom is 0.243 e. The van der Waals surface area contributed by atoms with Crippen LogP contribution in [0.5, 0.6) is 0 Å². The predicted octanol–water partition coefficient (Wildman–Crippen LogP) is 1.45. The molecule has 0 aliphatic rings. The molecule has 1 atom stereocenters. The second-order valence-electron chi connectivity index (χ2n) is 4.27. The summed E-state index contributed by atoms with van der Waals surface area (Å²) in [4.78, 5) is 14.9. The third-order valence-corrected chi connectivity index (χ3v) is 3.62. The summed E-state index contributed by atoms with van der Waals surface area (Å²) in [6, 6.07) is 4.35. The molecule has 0 bridgehead atoms. The number of aromatic nitrogens is 1. The first kappa shape index (κ1) is 13.9. The number of hydrogen-bond donors (Lipinski definition) is 2. The van der Waals surface area contributed by atoms with E-state index in [1.807, 2.05) is 17.6 Å². The van der Waals surface area contributed by atoms with Crippen molar-refractivity contribution >= 4 is 27.5 Å². The Morgan fingerprint density at radius 3 is 3.26 bits per heavy atom. The van der Waals surface area contributed by atoms with Crippen molar-refractivity contribution in [3.63, 3.8) is 0 Å². The van der Waals surface area contributed by atoms with Crippen LogP contribution in [0.1, 0.15) is 18.5 Å². The fourth-order valence-corrected chi connectivity index (χ4v) is 2.53. The van der Waals surface area contributed by atoms with E-state index in [2.05, 4.69) is 23.3 Å². The number of rotatable bonds is 7. The molecule has 0 fully saturated rings. The van der Waals surface area contributed by atoms with Gasteiger partial charge in [0.2, 0.25) is 5.91 Å². The summed E-state index contributed by atoms with van der Waals surface area (Å²) in [5.41, 5.74) is 7.15. The smallest absolute Gasteiger partial charge is 0.243 e. The van der Waals surface area contributed by atoms with Crippen molar-refractivity contribution in [1.29, 1.82) is 0 Å². The summed E-state index contributed by atoms with van der Waals surface area (Å²) in [6.07, 6.45) is 1.89. The van der Waals surface area contributed by atoms with Gasteiger partial charge in [-0.25, -0.2) is 0 Å². The van der Waals surface area contributed by atoms with Gasteiger partial charge in [0.1, 0.15) is 6.61 Å². The Morgan fingerprint density at radius 2 is 2.47 bits per heavy atom. The lowest BCUT2D eigenvalue weighted by Crippen LogP contribution is -2.26. The fourth-order valence-electron chi connectivity index (χ4n) is 1.74. The summed E-state index contributed by atoms with van der Waals surface area (Å²) in [5.74, 6) is -0.444. The number of primary amides is 1. The van der Waals surface area contributed by atoms with Crippen molar-refractivity contribution in [3.05, 3.63) is 29.3 Å². The third kappa shape index (κ3) is 3.99. The SMILES string of the molecule is CC(NCCOCC(N)=O)c1cnc2ccsc2c1. The van der Waals surface area contributed by atoms with Crippen molar-refractivity contribution in [1.82, 2.24) is 10.3 Å². The molecule has 102 valence electrons. The number of pyridine rings is 1. The molecule has 2 aromatic rings. The van der Waals surface area contributed by atoms with E-state index in [0.29, 0.717) is 13.2 Å². The van der Waals surface area contributed by atoms with E-state index < -0.39 is 5.91 Å². The van der Waals surface area contributed by atoms with Crippen LogP contribution >= 0.6 is 11.3 Å². The molecule has 0 aromatic carbocycles. The highest BCUT2D eigenvalue weighted by atomic mass is 32.1. The Morgan fingerprint density at radius 1 is 1.63 bits per heavy atom. The molecule has 0 aliphatic heterocycles. The molecule has 5 nitrogen and oxygen atoms in total. The van der Waals surface area contributed by atoms with Crippen LogP contribution in [-0.2, 0) is 9.53 Å². The van der Waals surface area contributed by atoms with E-state index in [9.17, 15) is 4.79 Å². The van der Waals surface area contributed by atoms with Gasteiger partial charge in [-0.2, -0.15) is 0 Å². The quantitative estimate of drug-likeness (QED) is 0.752. The van der Waals surface area contributed by atoms with Gasteiger partial charge in [-0.1, -0.05) is 0 Å². The maximum atomic E-state index is 10.5. The molecule has 0 aliphatic carbocycles. The Bertz CT molecular complexity index is 556. The van der Waals surface area contributed by atoms with Gasteiger partial charge in [-0.3, -0.25) is 9.78 Å². The zero-order valence-electron chi connectivity index (χ0n) is 10.8. The molecule has 0 spiro atoms. The van der Waals surface area contributed by atoms with E-state index in [-0.39, 0.29) is 12.6 Å². The molecule has 3 N–H and O–H groups in total. The first-order chi connectivity index (χ1) is 9.16. The van der Waals surface area contributed by atoms with Crippen molar-refractivity contribution in [2.75, 3.05) is 19.8 Å².